The molecule has 1 fully saturated rings. The van der Waals surface area contributed by atoms with Crippen molar-refractivity contribution in [1.29, 1.82) is 0 Å². The number of carbonyl (C=O) groups is 1. The number of para-hydroxylation sites is 1. The van der Waals surface area contributed by atoms with Gasteiger partial charge in [-0.3, -0.25) is 9.36 Å². The molecule has 36 heavy (non-hydrogen) atoms. The van der Waals surface area contributed by atoms with Gasteiger partial charge in [-0.1, -0.05) is 18.2 Å². The molecule has 1 aliphatic carbocycles. The van der Waals surface area contributed by atoms with Crippen LogP contribution in [0, 0.1) is 0 Å². The van der Waals surface area contributed by atoms with Gasteiger partial charge in [-0.25, -0.2) is 20.0 Å². The van der Waals surface area contributed by atoms with Crippen molar-refractivity contribution >= 4 is 30.5 Å². The van der Waals surface area contributed by atoms with Crippen molar-refractivity contribution in [2.24, 2.45) is 0 Å². The summed E-state index contributed by atoms with van der Waals surface area (Å²) < 4.78 is 38.0. The van der Waals surface area contributed by atoms with Crippen LogP contribution in [0.15, 0.2) is 43.0 Å². The maximum atomic E-state index is 13.8. The molecule has 0 amide bonds. The van der Waals surface area contributed by atoms with Gasteiger partial charge in [0.1, 0.15) is 36.1 Å². The Labute approximate surface area is 209 Å². The van der Waals surface area contributed by atoms with Crippen molar-refractivity contribution in [3.05, 3.63) is 43.0 Å². The van der Waals surface area contributed by atoms with E-state index >= 15 is 0 Å². The third-order valence-electron chi connectivity index (χ3n) is 5.82. The van der Waals surface area contributed by atoms with E-state index in [0.29, 0.717) is 36.3 Å². The molecule has 3 N–H and O–H groups in total. The fraction of sp³-hybridized carbons (Fsp3) is 0.478. The van der Waals surface area contributed by atoms with Crippen LogP contribution in [0.5, 0.6) is 5.75 Å². The Bertz CT molecular complexity index is 1220. The molecule has 0 spiro atoms. The van der Waals surface area contributed by atoms with Gasteiger partial charge in [-0.2, -0.15) is 0 Å². The molecule has 0 aliphatic heterocycles. The molecule has 2 heterocycles. The zero-order valence-electron chi connectivity index (χ0n) is 20.4. The van der Waals surface area contributed by atoms with Crippen LogP contribution >= 0.6 is 7.52 Å². The number of aromatic nitrogens is 4. The van der Waals surface area contributed by atoms with Crippen LogP contribution in [-0.2, 0) is 30.1 Å². The van der Waals surface area contributed by atoms with E-state index in [-0.39, 0.29) is 24.4 Å². The van der Waals surface area contributed by atoms with Gasteiger partial charge >= 0.3 is 13.5 Å². The first-order valence-electron chi connectivity index (χ1n) is 11.6. The maximum absolute atomic E-state index is 13.8. The molecular weight excluding hydrogens is 487 g/mol. The molecule has 12 nitrogen and oxygen atoms in total. The number of esters is 1. The fourth-order valence-corrected chi connectivity index (χ4v) is 5.54. The molecule has 1 saturated carbocycles. The fourth-order valence-electron chi connectivity index (χ4n) is 3.75. The summed E-state index contributed by atoms with van der Waals surface area (Å²) in [7, 11) is -2.04. The van der Waals surface area contributed by atoms with E-state index in [4.69, 9.17) is 24.5 Å². The van der Waals surface area contributed by atoms with E-state index in [1.54, 1.807) is 49.2 Å². The standard InChI is InChI=1S/C23H31N6O6P/c1-15(11-29-13-27-20-21(24)25-12-26-22(20)29)33-14-36(31,35-17-7-5-4-6-8-17)28-16(2)23(30)34-19-9-18(10-19)32-3/h4-8,12-13,15-16,18-19H,9-11,14H2,1-3H3,(H,28,31)(H2,24,25,26)/t15-,16+,18?,19?,36-/m1/s1. The van der Waals surface area contributed by atoms with Gasteiger partial charge in [0, 0.05) is 20.0 Å². The molecule has 3 aromatic rings. The smallest absolute Gasteiger partial charge is 0.342 e. The summed E-state index contributed by atoms with van der Waals surface area (Å²) in [6.07, 6.45) is 3.48. The van der Waals surface area contributed by atoms with Crippen molar-refractivity contribution < 1.29 is 28.1 Å². The van der Waals surface area contributed by atoms with Gasteiger partial charge in [0.25, 0.3) is 0 Å². The Morgan fingerprint density at radius 3 is 2.67 bits per heavy atom. The van der Waals surface area contributed by atoms with Crippen LogP contribution in [0.25, 0.3) is 11.2 Å². The number of nitrogens with one attached hydrogen (secondary N) is 1. The summed E-state index contributed by atoms with van der Waals surface area (Å²) >= 11 is 0. The van der Waals surface area contributed by atoms with Gasteiger partial charge in [0.2, 0.25) is 0 Å². The van der Waals surface area contributed by atoms with Crippen molar-refractivity contribution in [3.8, 4) is 5.75 Å². The van der Waals surface area contributed by atoms with E-state index < -0.39 is 25.6 Å². The van der Waals surface area contributed by atoms with E-state index in [9.17, 15) is 9.36 Å². The predicted octanol–water partition coefficient (Wildman–Crippen LogP) is 2.74. The van der Waals surface area contributed by atoms with Gasteiger partial charge in [0.15, 0.2) is 11.5 Å². The quantitative estimate of drug-likeness (QED) is 0.269. The minimum atomic E-state index is -3.67. The van der Waals surface area contributed by atoms with E-state index in [2.05, 4.69) is 20.0 Å². The molecule has 1 aliphatic rings. The lowest BCUT2D eigenvalue weighted by molar-refractivity contribution is -0.162. The number of fused-ring (bicyclic) bond motifs is 1. The topological polar surface area (TPSA) is 153 Å². The second-order valence-electron chi connectivity index (χ2n) is 8.75. The SMILES string of the molecule is COC1CC(OC(=O)[C@H](C)N[P@@](=O)(CO[C@H](C)Cn2cnc3c(N)ncnc32)Oc2ccccc2)C1. The largest absolute Gasteiger partial charge is 0.461 e. The highest BCUT2D eigenvalue weighted by atomic mass is 31.2. The summed E-state index contributed by atoms with van der Waals surface area (Å²) in [5, 5.41) is 2.82. The number of hydrogen-bond donors (Lipinski definition) is 2. The number of hydrogen-bond acceptors (Lipinski definition) is 10. The van der Waals surface area contributed by atoms with Gasteiger partial charge in [-0.05, 0) is 26.0 Å². The van der Waals surface area contributed by atoms with Crippen LogP contribution in [0.4, 0.5) is 5.82 Å². The van der Waals surface area contributed by atoms with Crippen LogP contribution in [0.1, 0.15) is 26.7 Å². The Kier molecular flexibility index (Phi) is 8.20. The van der Waals surface area contributed by atoms with Crippen molar-refractivity contribution in [2.45, 2.75) is 57.6 Å². The lowest BCUT2D eigenvalue weighted by Gasteiger charge is -2.34. The molecule has 13 heteroatoms. The minimum absolute atomic E-state index is 0.101. The summed E-state index contributed by atoms with van der Waals surface area (Å²) in [5.74, 6) is 0.166. The summed E-state index contributed by atoms with van der Waals surface area (Å²) in [6.45, 7) is 3.78. The first-order valence-corrected chi connectivity index (χ1v) is 13.4. The van der Waals surface area contributed by atoms with Crippen LogP contribution in [0.3, 0.4) is 0 Å². The zero-order chi connectivity index (χ0) is 25.7. The summed E-state index contributed by atoms with van der Waals surface area (Å²) in [4.78, 5) is 25.0. The highest BCUT2D eigenvalue weighted by Gasteiger charge is 2.36. The first kappa shape index (κ1) is 26.0. The molecular formula is C23H31N6O6P. The number of imidazole rings is 1. The number of ether oxygens (including phenoxy) is 3. The third-order valence-corrected chi connectivity index (χ3v) is 7.60. The van der Waals surface area contributed by atoms with E-state index in [1.807, 2.05) is 13.0 Å². The molecule has 3 atom stereocenters. The number of carbonyl (C=O) groups excluding carboxylic acids is 1. The molecule has 0 bridgehead atoms. The lowest BCUT2D eigenvalue weighted by Crippen LogP contribution is -2.43. The third kappa shape index (κ3) is 6.38. The number of nitrogens with two attached hydrogens (primary N) is 1. The van der Waals surface area contributed by atoms with Gasteiger partial charge in [0.05, 0.1) is 25.1 Å². The Balaban J connectivity index is 1.39. The second kappa shape index (κ2) is 11.3. The zero-order valence-corrected chi connectivity index (χ0v) is 21.3. The molecule has 0 radical (unpaired) electrons. The number of nitrogen functional groups attached to an aromatic ring is 1. The maximum Gasteiger partial charge on any atom is 0.342 e. The van der Waals surface area contributed by atoms with E-state index in [0.717, 1.165) is 0 Å². The summed E-state index contributed by atoms with van der Waals surface area (Å²) in [6, 6.07) is 7.84. The molecule has 0 unspecified atom stereocenters. The minimum Gasteiger partial charge on any atom is -0.461 e. The van der Waals surface area contributed by atoms with Crippen LogP contribution in [-0.4, -0.2) is 63.3 Å². The average molecular weight is 519 g/mol. The molecule has 1 aromatic carbocycles. The van der Waals surface area contributed by atoms with Crippen LogP contribution in [0.2, 0.25) is 0 Å². The number of nitrogens with zero attached hydrogens (tertiary/aromatic N) is 4. The van der Waals surface area contributed by atoms with E-state index in [1.165, 1.54) is 6.33 Å². The normalized spacial score (nSPS) is 20.8. The van der Waals surface area contributed by atoms with Gasteiger partial charge < -0.3 is 29.0 Å². The van der Waals surface area contributed by atoms with Crippen molar-refractivity contribution in [1.82, 2.24) is 24.6 Å². The molecule has 0 saturated heterocycles. The Hall–Kier alpha value is -3.05. The van der Waals surface area contributed by atoms with Crippen LogP contribution < -0.4 is 15.3 Å². The number of methoxy groups -OCH3 is 1. The number of anilines is 1. The monoisotopic (exact) mass is 518 g/mol. The Morgan fingerprint density at radius 2 is 1.94 bits per heavy atom. The lowest BCUT2D eigenvalue weighted by atomic mass is 9.92. The highest BCUT2D eigenvalue weighted by molar-refractivity contribution is 7.57. The van der Waals surface area contributed by atoms with Crippen molar-refractivity contribution in [2.75, 3.05) is 19.2 Å². The predicted molar refractivity (Wildman–Crippen MR) is 132 cm³/mol. The van der Waals surface area contributed by atoms with Gasteiger partial charge in [-0.15, -0.1) is 0 Å². The molecule has 4 rings (SSSR count). The average Bonchev–Trinajstić information content (AvgIpc) is 3.24. The molecule has 194 valence electrons. The number of rotatable bonds is 12. The summed E-state index contributed by atoms with van der Waals surface area (Å²) in [5.41, 5.74) is 6.92. The second-order valence-corrected chi connectivity index (χ2v) is 10.8. The first-order chi connectivity index (χ1) is 17.3. The van der Waals surface area contributed by atoms with Crippen molar-refractivity contribution in [3.63, 3.8) is 0 Å². The number of benzene rings is 1. The molecule has 2 aromatic heterocycles. The highest BCUT2D eigenvalue weighted by Crippen LogP contribution is 2.44. The Morgan fingerprint density at radius 1 is 1.19 bits per heavy atom.